The Balaban J connectivity index is 1.59. The molecule has 0 bridgehead atoms. The van der Waals surface area contributed by atoms with Gasteiger partial charge in [0.1, 0.15) is 5.69 Å². The van der Waals surface area contributed by atoms with Crippen LogP contribution in [0.25, 0.3) is 10.9 Å². The number of hydrogen-bond acceptors (Lipinski definition) is 2. The molecule has 1 amide bonds. The number of pyridine rings is 1. The summed E-state index contributed by atoms with van der Waals surface area (Å²) in [7, 11) is 0. The molecule has 1 saturated carbocycles. The third-order valence-electron chi connectivity index (χ3n) is 4.37. The molecule has 1 heterocycles. The summed E-state index contributed by atoms with van der Waals surface area (Å²) in [5, 5.41) is 4.22. The smallest absolute Gasteiger partial charge is 0.270 e. The average Bonchev–Trinajstić information content (AvgIpc) is 3.44. The number of carbonyl (C=O) groups is 1. The van der Waals surface area contributed by atoms with Gasteiger partial charge in [-0.2, -0.15) is 0 Å². The molecule has 23 heavy (non-hydrogen) atoms. The van der Waals surface area contributed by atoms with E-state index in [9.17, 15) is 4.79 Å². The molecule has 0 spiro atoms. The van der Waals surface area contributed by atoms with Crippen LogP contribution in [0.4, 0.5) is 0 Å². The highest BCUT2D eigenvalue weighted by Crippen LogP contribution is 2.41. The standard InChI is InChI=1S/C20H18N2O/c23-20(18-13-12-14-6-4-5-9-17(14)21-18)22-19(16-10-11-16)15-7-2-1-3-8-15/h1-9,12-13,16,19H,10-11H2,(H,22,23). The van der Waals surface area contributed by atoms with Crippen LogP contribution in [-0.4, -0.2) is 10.9 Å². The van der Waals surface area contributed by atoms with Crippen molar-refractivity contribution in [1.29, 1.82) is 0 Å². The van der Waals surface area contributed by atoms with Gasteiger partial charge >= 0.3 is 0 Å². The Labute approximate surface area is 135 Å². The van der Waals surface area contributed by atoms with E-state index in [1.807, 2.05) is 48.5 Å². The minimum absolute atomic E-state index is 0.0805. The lowest BCUT2D eigenvalue weighted by Crippen LogP contribution is -2.30. The van der Waals surface area contributed by atoms with Crippen LogP contribution in [-0.2, 0) is 0 Å². The lowest BCUT2D eigenvalue weighted by Gasteiger charge is -2.18. The summed E-state index contributed by atoms with van der Waals surface area (Å²) in [6.07, 6.45) is 2.34. The third kappa shape index (κ3) is 2.95. The quantitative estimate of drug-likeness (QED) is 0.788. The van der Waals surface area contributed by atoms with Gasteiger partial charge in [-0.3, -0.25) is 4.79 Å². The summed E-state index contributed by atoms with van der Waals surface area (Å²) < 4.78 is 0. The zero-order chi connectivity index (χ0) is 15.6. The van der Waals surface area contributed by atoms with Gasteiger partial charge in [-0.25, -0.2) is 4.98 Å². The first-order valence-corrected chi connectivity index (χ1v) is 8.03. The van der Waals surface area contributed by atoms with Gasteiger partial charge in [-0.15, -0.1) is 0 Å². The van der Waals surface area contributed by atoms with Gasteiger partial charge < -0.3 is 5.32 Å². The first-order chi connectivity index (χ1) is 11.3. The lowest BCUT2D eigenvalue weighted by atomic mass is 10.0. The summed E-state index contributed by atoms with van der Waals surface area (Å²) in [6, 6.07) is 21.9. The molecule has 2 aromatic carbocycles. The maximum Gasteiger partial charge on any atom is 0.270 e. The number of fused-ring (bicyclic) bond motifs is 1. The summed E-state index contributed by atoms with van der Waals surface area (Å²) in [6.45, 7) is 0. The highest BCUT2D eigenvalue weighted by atomic mass is 16.1. The molecule has 1 atom stereocenters. The van der Waals surface area contributed by atoms with Gasteiger partial charge in [0.05, 0.1) is 11.6 Å². The highest BCUT2D eigenvalue weighted by molar-refractivity contribution is 5.95. The molecule has 4 rings (SSSR count). The molecular weight excluding hydrogens is 284 g/mol. The van der Waals surface area contributed by atoms with E-state index >= 15 is 0 Å². The zero-order valence-corrected chi connectivity index (χ0v) is 12.8. The van der Waals surface area contributed by atoms with Crippen LogP contribution in [0, 0.1) is 5.92 Å². The molecular formula is C20H18N2O. The number of hydrogen-bond donors (Lipinski definition) is 1. The number of aromatic nitrogens is 1. The maximum absolute atomic E-state index is 12.6. The van der Waals surface area contributed by atoms with E-state index in [0.29, 0.717) is 11.6 Å². The Kier molecular flexibility index (Phi) is 3.54. The molecule has 1 aliphatic rings. The Bertz CT molecular complexity index is 840. The topological polar surface area (TPSA) is 42.0 Å². The summed E-state index contributed by atoms with van der Waals surface area (Å²) in [5.41, 5.74) is 2.50. The number of amides is 1. The van der Waals surface area contributed by atoms with Crippen molar-refractivity contribution in [3.05, 3.63) is 78.0 Å². The van der Waals surface area contributed by atoms with Gasteiger partial charge in [0.25, 0.3) is 5.91 Å². The maximum atomic E-state index is 12.6. The first kappa shape index (κ1) is 13.9. The van der Waals surface area contributed by atoms with Crippen molar-refractivity contribution >= 4 is 16.8 Å². The molecule has 1 aliphatic carbocycles. The summed E-state index contributed by atoms with van der Waals surface area (Å²) in [5.74, 6) is 0.443. The van der Waals surface area contributed by atoms with Crippen molar-refractivity contribution in [2.45, 2.75) is 18.9 Å². The van der Waals surface area contributed by atoms with Gasteiger partial charge in [0.2, 0.25) is 0 Å². The van der Waals surface area contributed by atoms with E-state index < -0.39 is 0 Å². The average molecular weight is 302 g/mol. The van der Waals surface area contributed by atoms with Crippen molar-refractivity contribution < 1.29 is 4.79 Å². The highest BCUT2D eigenvalue weighted by Gasteiger charge is 2.33. The fourth-order valence-corrected chi connectivity index (χ4v) is 2.97. The van der Waals surface area contributed by atoms with Crippen molar-refractivity contribution in [2.24, 2.45) is 5.92 Å². The number of carbonyl (C=O) groups excluding carboxylic acids is 1. The molecule has 1 unspecified atom stereocenters. The van der Waals surface area contributed by atoms with Gasteiger partial charge in [0.15, 0.2) is 0 Å². The van der Waals surface area contributed by atoms with E-state index in [-0.39, 0.29) is 11.9 Å². The molecule has 1 fully saturated rings. The molecule has 0 saturated heterocycles. The molecule has 3 heteroatoms. The second kappa shape index (κ2) is 5.84. The Morgan fingerprint density at radius 1 is 0.957 bits per heavy atom. The first-order valence-electron chi connectivity index (χ1n) is 8.03. The monoisotopic (exact) mass is 302 g/mol. The minimum Gasteiger partial charge on any atom is -0.344 e. The van der Waals surface area contributed by atoms with E-state index in [2.05, 4.69) is 22.4 Å². The number of benzene rings is 2. The van der Waals surface area contributed by atoms with Crippen LogP contribution in [0.15, 0.2) is 66.7 Å². The van der Waals surface area contributed by atoms with Crippen LogP contribution in [0.2, 0.25) is 0 Å². The Hall–Kier alpha value is -2.68. The normalized spacial score (nSPS) is 15.3. The molecule has 3 nitrogen and oxygen atoms in total. The van der Waals surface area contributed by atoms with Crippen LogP contribution in [0.1, 0.15) is 34.9 Å². The van der Waals surface area contributed by atoms with Crippen LogP contribution in [0.5, 0.6) is 0 Å². The Morgan fingerprint density at radius 2 is 1.70 bits per heavy atom. The Morgan fingerprint density at radius 3 is 2.48 bits per heavy atom. The van der Waals surface area contributed by atoms with Gasteiger partial charge in [-0.1, -0.05) is 54.6 Å². The van der Waals surface area contributed by atoms with Crippen molar-refractivity contribution in [2.75, 3.05) is 0 Å². The van der Waals surface area contributed by atoms with Crippen LogP contribution in [0.3, 0.4) is 0 Å². The SMILES string of the molecule is O=C(NC(c1ccccc1)C1CC1)c1ccc2ccccc2n1. The second-order valence-corrected chi connectivity index (χ2v) is 6.09. The predicted molar refractivity (Wildman–Crippen MR) is 91.1 cm³/mol. The van der Waals surface area contributed by atoms with E-state index in [4.69, 9.17) is 0 Å². The molecule has 1 aromatic heterocycles. The van der Waals surface area contributed by atoms with Crippen LogP contribution >= 0.6 is 0 Å². The molecule has 1 N–H and O–H groups in total. The third-order valence-corrected chi connectivity index (χ3v) is 4.37. The van der Waals surface area contributed by atoms with E-state index in [1.54, 1.807) is 6.07 Å². The number of nitrogens with zero attached hydrogens (tertiary/aromatic N) is 1. The molecule has 0 aliphatic heterocycles. The van der Waals surface area contributed by atoms with Crippen LogP contribution < -0.4 is 5.32 Å². The van der Waals surface area contributed by atoms with Crippen molar-refractivity contribution in [3.63, 3.8) is 0 Å². The fourth-order valence-electron chi connectivity index (χ4n) is 2.97. The lowest BCUT2D eigenvalue weighted by molar-refractivity contribution is 0.0927. The van der Waals surface area contributed by atoms with Gasteiger partial charge in [-0.05, 0) is 36.5 Å². The molecule has 3 aromatic rings. The van der Waals surface area contributed by atoms with E-state index in [0.717, 1.165) is 10.9 Å². The van der Waals surface area contributed by atoms with Gasteiger partial charge in [0, 0.05) is 5.39 Å². The second-order valence-electron chi connectivity index (χ2n) is 6.09. The fraction of sp³-hybridized carbons (Fsp3) is 0.200. The van der Waals surface area contributed by atoms with Crippen molar-refractivity contribution in [3.8, 4) is 0 Å². The molecule has 114 valence electrons. The molecule has 0 radical (unpaired) electrons. The largest absolute Gasteiger partial charge is 0.344 e. The number of rotatable bonds is 4. The summed E-state index contributed by atoms with van der Waals surface area (Å²) in [4.78, 5) is 17.1. The summed E-state index contributed by atoms with van der Waals surface area (Å²) >= 11 is 0. The van der Waals surface area contributed by atoms with E-state index in [1.165, 1.54) is 18.4 Å². The van der Waals surface area contributed by atoms with Crippen molar-refractivity contribution in [1.82, 2.24) is 10.3 Å². The zero-order valence-electron chi connectivity index (χ0n) is 12.8. The predicted octanol–water partition coefficient (Wildman–Crippen LogP) is 4.12. The number of para-hydroxylation sites is 1. The number of nitrogens with one attached hydrogen (secondary N) is 1. The minimum atomic E-state index is -0.100.